The maximum absolute atomic E-state index is 10.2. The second-order valence-electron chi connectivity index (χ2n) is 1.59. The van der Waals surface area contributed by atoms with E-state index in [0.29, 0.717) is 5.76 Å². The Bertz CT molecular complexity index is 194. The summed E-state index contributed by atoms with van der Waals surface area (Å²) in [5.41, 5.74) is 0. The molecule has 3 nitrogen and oxygen atoms in total. The summed E-state index contributed by atoms with van der Waals surface area (Å²) in [5, 5.41) is 0. The van der Waals surface area contributed by atoms with Gasteiger partial charge in [0.15, 0.2) is 5.78 Å². The molecule has 0 amide bonds. The predicted octanol–water partition coefficient (Wildman–Crippen LogP) is 1.37. The van der Waals surface area contributed by atoms with Crippen molar-refractivity contribution in [1.29, 1.82) is 0 Å². The third-order valence-electron chi connectivity index (χ3n) is 0.882. The highest BCUT2D eigenvalue weighted by Gasteiger charge is 2.17. The van der Waals surface area contributed by atoms with Gasteiger partial charge in [-0.2, -0.15) is 0 Å². The van der Waals surface area contributed by atoms with Crippen LogP contribution in [-0.2, 0) is 9.53 Å². The molecular weight excluding hydrogens is 188 g/mol. The van der Waals surface area contributed by atoms with Crippen LogP contribution in [0.15, 0.2) is 11.8 Å². The number of ketones is 1. The summed E-state index contributed by atoms with van der Waals surface area (Å²) >= 11 is 2.56. The number of carbonyl (C=O) groups is 2. The van der Waals surface area contributed by atoms with Crippen molar-refractivity contribution in [2.45, 2.75) is 6.42 Å². The van der Waals surface area contributed by atoms with Gasteiger partial charge >= 0.3 is 4.88 Å². The maximum Gasteiger partial charge on any atom is 0.379 e. The van der Waals surface area contributed by atoms with Crippen LogP contribution in [-0.4, -0.2) is 10.7 Å². The van der Waals surface area contributed by atoms with Gasteiger partial charge in [0.25, 0.3) is 0 Å². The van der Waals surface area contributed by atoms with Crippen molar-refractivity contribution < 1.29 is 14.3 Å². The molecule has 0 fully saturated rings. The summed E-state index contributed by atoms with van der Waals surface area (Å²) in [4.78, 5) is 19.7. The van der Waals surface area contributed by atoms with Crippen LogP contribution in [0.1, 0.15) is 6.42 Å². The van der Waals surface area contributed by atoms with E-state index in [9.17, 15) is 9.59 Å². The van der Waals surface area contributed by atoms with E-state index in [-0.39, 0.29) is 12.2 Å². The lowest BCUT2D eigenvalue weighted by atomic mass is 10.1. The summed E-state index contributed by atoms with van der Waals surface area (Å²) in [6, 6.07) is 0. The number of halogens is 1. The number of allylic oxidation sites excluding steroid dienone is 2. The van der Waals surface area contributed by atoms with Crippen LogP contribution < -0.4 is 0 Å². The lowest BCUT2D eigenvalue weighted by molar-refractivity contribution is -0.116. The first-order valence-corrected chi connectivity index (χ1v) is 3.08. The van der Waals surface area contributed by atoms with E-state index >= 15 is 0 Å². The molecule has 4 heteroatoms. The molecule has 0 spiro atoms. The van der Waals surface area contributed by atoms with E-state index in [1.165, 1.54) is 6.08 Å². The summed E-state index contributed by atoms with van der Waals surface area (Å²) < 4.78 is 4.47. The average Bonchev–Trinajstić information content (AvgIpc) is 1.60. The van der Waals surface area contributed by atoms with Crippen molar-refractivity contribution in [2.75, 3.05) is 0 Å². The minimum Gasteiger partial charge on any atom is -0.422 e. The molecule has 0 atom stereocenters. The van der Waals surface area contributed by atoms with Gasteiger partial charge in [-0.05, 0) is 0 Å². The van der Waals surface area contributed by atoms with Gasteiger partial charge in [0, 0.05) is 22.0 Å². The number of rotatable bonds is 1. The molecule has 1 rings (SSSR count). The molecule has 0 unspecified atom stereocenters. The Balaban J connectivity index is 2.41. The van der Waals surface area contributed by atoms with Crippen LogP contribution in [0, 0.1) is 0 Å². The SMILES string of the molecule is O=C1C=C(OC(=O)Br)C1. The fourth-order valence-electron chi connectivity index (χ4n) is 0.491. The summed E-state index contributed by atoms with van der Waals surface area (Å²) in [5.74, 6) is 0.431. The zero-order valence-corrected chi connectivity index (χ0v) is 5.97. The summed E-state index contributed by atoms with van der Waals surface area (Å²) in [6.45, 7) is 0. The van der Waals surface area contributed by atoms with E-state index in [0.717, 1.165) is 0 Å². The molecule has 1 aliphatic carbocycles. The van der Waals surface area contributed by atoms with Crippen LogP contribution in [0.2, 0.25) is 0 Å². The smallest absolute Gasteiger partial charge is 0.379 e. The third-order valence-corrected chi connectivity index (χ3v) is 1.04. The monoisotopic (exact) mass is 190 g/mol. The molecule has 48 valence electrons. The zero-order chi connectivity index (χ0) is 6.85. The van der Waals surface area contributed by atoms with Crippen LogP contribution in [0.5, 0.6) is 0 Å². The molecule has 0 saturated heterocycles. The van der Waals surface area contributed by atoms with Gasteiger partial charge in [-0.15, -0.1) is 0 Å². The highest BCUT2D eigenvalue weighted by Crippen LogP contribution is 2.16. The highest BCUT2D eigenvalue weighted by molar-refractivity contribution is 9.18. The van der Waals surface area contributed by atoms with Gasteiger partial charge in [-0.1, -0.05) is 0 Å². The molecule has 0 heterocycles. The van der Waals surface area contributed by atoms with Gasteiger partial charge in [0.2, 0.25) is 0 Å². The van der Waals surface area contributed by atoms with Crippen LogP contribution in [0.25, 0.3) is 0 Å². The molecule has 0 aromatic carbocycles. The number of carbonyl (C=O) groups excluding carboxylic acids is 2. The van der Waals surface area contributed by atoms with Gasteiger partial charge in [-0.3, -0.25) is 4.79 Å². The van der Waals surface area contributed by atoms with Gasteiger partial charge in [-0.25, -0.2) is 4.79 Å². The summed E-state index contributed by atoms with van der Waals surface area (Å²) in [7, 11) is 0. The minimum atomic E-state index is -0.554. The number of ether oxygens (including phenoxy) is 1. The van der Waals surface area contributed by atoms with Crippen LogP contribution in [0.4, 0.5) is 4.79 Å². The molecular formula is C5H3BrO3. The third kappa shape index (κ3) is 1.64. The molecule has 0 aliphatic heterocycles. The number of hydrogen-bond donors (Lipinski definition) is 0. The lowest BCUT2D eigenvalue weighted by Crippen LogP contribution is -2.11. The van der Waals surface area contributed by atoms with Crippen LogP contribution >= 0.6 is 15.9 Å². The molecule has 0 N–H and O–H groups in total. The molecule has 0 saturated carbocycles. The highest BCUT2D eigenvalue weighted by atomic mass is 79.9. The first kappa shape index (κ1) is 6.48. The Morgan fingerprint density at radius 3 is 2.67 bits per heavy atom. The fourth-order valence-corrected chi connectivity index (χ4v) is 0.699. The van der Waals surface area contributed by atoms with Gasteiger partial charge < -0.3 is 4.74 Å². The molecule has 1 aliphatic rings. The standard InChI is InChI=1S/C5H3BrO3/c6-5(8)9-4-1-3(7)2-4/h1H,2H2. The van der Waals surface area contributed by atoms with E-state index in [1.807, 2.05) is 0 Å². The first-order chi connectivity index (χ1) is 4.18. The van der Waals surface area contributed by atoms with Crippen LogP contribution in [0.3, 0.4) is 0 Å². The largest absolute Gasteiger partial charge is 0.422 e. The minimum absolute atomic E-state index is 0.00116. The maximum atomic E-state index is 10.2. The first-order valence-electron chi connectivity index (χ1n) is 2.29. The quantitative estimate of drug-likeness (QED) is 0.588. The van der Waals surface area contributed by atoms with Crippen molar-refractivity contribution >= 4 is 26.6 Å². The normalized spacial score (nSPS) is 16.1. The summed E-state index contributed by atoms with van der Waals surface area (Å²) in [6.07, 6.45) is 1.54. The average molecular weight is 191 g/mol. The van der Waals surface area contributed by atoms with E-state index in [4.69, 9.17) is 0 Å². The molecule has 0 bridgehead atoms. The van der Waals surface area contributed by atoms with Gasteiger partial charge in [0.05, 0.1) is 6.42 Å². The Hall–Kier alpha value is -0.640. The molecule has 0 aromatic heterocycles. The van der Waals surface area contributed by atoms with Crippen molar-refractivity contribution in [3.05, 3.63) is 11.8 Å². The van der Waals surface area contributed by atoms with Crippen molar-refractivity contribution in [2.24, 2.45) is 0 Å². The van der Waals surface area contributed by atoms with Crippen molar-refractivity contribution in [3.63, 3.8) is 0 Å². The number of hydrogen-bond acceptors (Lipinski definition) is 3. The molecule has 0 aromatic rings. The Morgan fingerprint density at radius 1 is 1.78 bits per heavy atom. The Morgan fingerprint density at radius 2 is 2.33 bits per heavy atom. The second-order valence-corrected chi connectivity index (χ2v) is 2.24. The Labute approximate surface area is 59.8 Å². The van der Waals surface area contributed by atoms with E-state index in [1.54, 1.807) is 0 Å². The Kier molecular flexibility index (Phi) is 1.66. The second kappa shape index (κ2) is 2.31. The van der Waals surface area contributed by atoms with Gasteiger partial charge in [0.1, 0.15) is 5.76 Å². The zero-order valence-electron chi connectivity index (χ0n) is 4.39. The topological polar surface area (TPSA) is 43.4 Å². The van der Waals surface area contributed by atoms with Crippen molar-refractivity contribution in [1.82, 2.24) is 0 Å². The molecule has 0 radical (unpaired) electrons. The predicted molar refractivity (Wildman–Crippen MR) is 33.1 cm³/mol. The van der Waals surface area contributed by atoms with E-state index < -0.39 is 4.88 Å². The fraction of sp³-hybridized carbons (Fsp3) is 0.200. The van der Waals surface area contributed by atoms with Crippen molar-refractivity contribution in [3.8, 4) is 0 Å². The van der Waals surface area contributed by atoms with E-state index in [2.05, 4.69) is 20.7 Å². The lowest BCUT2D eigenvalue weighted by Gasteiger charge is -2.09. The molecule has 9 heavy (non-hydrogen) atoms.